The van der Waals surface area contributed by atoms with Crippen molar-refractivity contribution in [1.29, 1.82) is 0 Å². The van der Waals surface area contributed by atoms with E-state index in [1.807, 2.05) is 20.8 Å². The number of nitrogens with zero attached hydrogens (tertiary/aromatic N) is 1. The summed E-state index contributed by atoms with van der Waals surface area (Å²) < 4.78 is 0. The summed E-state index contributed by atoms with van der Waals surface area (Å²) >= 11 is 0. The molecule has 0 aromatic rings. The molecule has 5 nitrogen and oxygen atoms in total. The zero-order valence-corrected chi connectivity index (χ0v) is 11.0. The average molecular weight is 241 g/mol. The van der Waals surface area contributed by atoms with Crippen molar-refractivity contribution in [3.05, 3.63) is 0 Å². The first-order chi connectivity index (χ1) is 7.80. The van der Waals surface area contributed by atoms with Crippen molar-refractivity contribution in [3.63, 3.8) is 0 Å². The summed E-state index contributed by atoms with van der Waals surface area (Å²) in [6.45, 7) is 7.95. The monoisotopic (exact) mass is 241 g/mol. The van der Waals surface area contributed by atoms with E-state index in [1.165, 1.54) is 0 Å². The van der Waals surface area contributed by atoms with Crippen molar-refractivity contribution < 1.29 is 9.59 Å². The topological polar surface area (TPSA) is 75.4 Å². The molecule has 1 fully saturated rings. The highest BCUT2D eigenvalue weighted by atomic mass is 16.2. The molecule has 0 aromatic carbocycles. The van der Waals surface area contributed by atoms with Crippen LogP contribution in [0.5, 0.6) is 0 Å². The molecule has 0 aliphatic carbocycles. The van der Waals surface area contributed by atoms with Crippen molar-refractivity contribution in [1.82, 2.24) is 10.2 Å². The minimum Gasteiger partial charge on any atom is -0.368 e. The SMILES string of the molecule is CC(C)(C)C(NC(=O)CN1CCCC1)C(N)=O. The molecule has 1 saturated heterocycles. The molecule has 17 heavy (non-hydrogen) atoms. The Labute approximate surface area is 103 Å². The van der Waals surface area contributed by atoms with Gasteiger partial charge in [0.1, 0.15) is 6.04 Å². The molecule has 5 heteroatoms. The smallest absolute Gasteiger partial charge is 0.240 e. The predicted molar refractivity (Wildman–Crippen MR) is 66.3 cm³/mol. The van der Waals surface area contributed by atoms with E-state index in [2.05, 4.69) is 10.2 Å². The van der Waals surface area contributed by atoms with Gasteiger partial charge in [-0.05, 0) is 31.3 Å². The van der Waals surface area contributed by atoms with E-state index in [-0.39, 0.29) is 11.3 Å². The zero-order chi connectivity index (χ0) is 13.1. The fraction of sp³-hybridized carbons (Fsp3) is 0.833. The van der Waals surface area contributed by atoms with Crippen LogP contribution < -0.4 is 11.1 Å². The highest BCUT2D eigenvalue weighted by Crippen LogP contribution is 2.19. The van der Waals surface area contributed by atoms with Crippen molar-refractivity contribution in [2.45, 2.75) is 39.7 Å². The van der Waals surface area contributed by atoms with Crippen molar-refractivity contribution in [2.24, 2.45) is 11.1 Å². The predicted octanol–water partition coefficient (Wildman–Crippen LogP) is 0.0984. The maximum atomic E-state index is 11.8. The number of hydrogen-bond acceptors (Lipinski definition) is 3. The summed E-state index contributed by atoms with van der Waals surface area (Å²) in [4.78, 5) is 25.2. The van der Waals surface area contributed by atoms with E-state index in [9.17, 15) is 9.59 Å². The van der Waals surface area contributed by atoms with Gasteiger partial charge < -0.3 is 11.1 Å². The third kappa shape index (κ3) is 4.34. The highest BCUT2D eigenvalue weighted by Gasteiger charge is 2.31. The van der Waals surface area contributed by atoms with Gasteiger partial charge in [0.2, 0.25) is 11.8 Å². The summed E-state index contributed by atoms with van der Waals surface area (Å²) in [5, 5.41) is 2.73. The molecular weight excluding hydrogens is 218 g/mol. The summed E-state index contributed by atoms with van der Waals surface area (Å²) in [6.07, 6.45) is 2.29. The Balaban J connectivity index is 2.49. The number of nitrogens with two attached hydrogens (primary N) is 1. The average Bonchev–Trinajstić information content (AvgIpc) is 2.64. The molecule has 1 aliphatic rings. The van der Waals surface area contributed by atoms with Gasteiger partial charge >= 0.3 is 0 Å². The maximum Gasteiger partial charge on any atom is 0.240 e. The molecule has 0 aromatic heterocycles. The van der Waals surface area contributed by atoms with Crippen LogP contribution in [-0.2, 0) is 9.59 Å². The van der Waals surface area contributed by atoms with Gasteiger partial charge in [-0.2, -0.15) is 0 Å². The summed E-state index contributed by atoms with van der Waals surface area (Å²) in [5.74, 6) is -0.599. The van der Waals surface area contributed by atoms with Gasteiger partial charge in [0.25, 0.3) is 0 Å². The Hall–Kier alpha value is -1.10. The normalized spacial score (nSPS) is 19.0. The van der Waals surface area contributed by atoms with E-state index in [0.717, 1.165) is 25.9 Å². The molecule has 98 valence electrons. The molecule has 2 amide bonds. The number of primary amides is 1. The lowest BCUT2D eigenvalue weighted by atomic mass is 9.86. The third-order valence-corrected chi connectivity index (χ3v) is 3.02. The second-order valence-corrected chi connectivity index (χ2v) is 5.75. The molecule has 0 saturated carbocycles. The van der Waals surface area contributed by atoms with Crippen LogP contribution in [0.1, 0.15) is 33.6 Å². The van der Waals surface area contributed by atoms with Crippen LogP contribution in [-0.4, -0.2) is 42.4 Å². The standard InChI is InChI=1S/C12H23N3O2/c1-12(2,3)10(11(13)17)14-9(16)8-15-6-4-5-7-15/h10H,4-8H2,1-3H3,(H2,13,17)(H,14,16). The fourth-order valence-corrected chi connectivity index (χ4v) is 2.06. The van der Waals surface area contributed by atoms with Crippen LogP contribution >= 0.6 is 0 Å². The molecule has 0 bridgehead atoms. The van der Waals surface area contributed by atoms with Gasteiger partial charge in [-0.3, -0.25) is 14.5 Å². The van der Waals surface area contributed by atoms with E-state index in [0.29, 0.717) is 6.54 Å². The van der Waals surface area contributed by atoms with E-state index >= 15 is 0 Å². The number of carbonyl (C=O) groups excluding carboxylic acids is 2. The van der Waals surface area contributed by atoms with Crippen LogP contribution in [0.25, 0.3) is 0 Å². The third-order valence-electron chi connectivity index (χ3n) is 3.02. The second kappa shape index (κ2) is 5.49. The molecule has 1 rings (SSSR count). The molecule has 0 radical (unpaired) electrons. The van der Waals surface area contributed by atoms with E-state index in [1.54, 1.807) is 0 Å². The van der Waals surface area contributed by atoms with Crippen molar-refractivity contribution >= 4 is 11.8 Å². The lowest BCUT2D eigenvalue weighted by molar-refractivity contribution is -0.130. The minimum atomic E-state index is -0.613. The molecule has 1 unspecified atom stereocenters. The van der Waals surface area contributed by atoms with Gasteiger partial charge in [0.15, 0.2) is 0 Å². The van der Waals surface area contributed by atoms with Gasteiger partial charge in [-0.25, -0.2) is 0 Å². The highest BCUT2D eigenvalue weighted by molar-refractivity contribution is 5.87. The maximum absolute atomic E-state index is 11.8. The minimum absolute atomic E-state index is 0.120. The van der Waals surface area contributed by atoms with Crippen LogP contribution in [0.15, 0.2) is 0 Å². The summed E-state index contributed by atoms with van der Waals surface area (Å²) in [6, 6.07) is -0.613. The van der Waals surface area contributed by atoms with Crippen molar-refractivity contribution in [2.75, 3.05) is 19.6 Å². The van der Waals surface area contributed by atoms with Crippen LogP contribution in [0.4, 0.5) is 0 Å². The first-order valence-electron chi connectivity index (χ1n) is 6.12. The number of likely N-dealkylation sites (tertiary alicyclic amines) is 1. The van der Waals surface area contributed by atoms with Gasteiger partial charge in [0.05, 0.1) is 6.54 Å². The Bertz CT molecular complexity index is 291. The van der Waals surface area contributed by atoms with Crippen LogP contribution in [0, 0.1) is 5.41 Å². The van der Waals surface area contributed by atoms with Crippen LogP contribution in [0.2, 0.25) is 0 Å². The number of rotatable bonds is 4. The lowest BCUT2D eigenvalue weighted by Gasteiger charge is -2.29. The summed E-state index contributed by atoms with van der Waals surface area (Å²) in [5.41, 5.74) is 4.96. The molecule has 1 heterocycles. The Morgan fingerprint density at radius 2 is 1.82 bits per heavy atom. The molecule has 1 atom stereocenters. The van der Waals surface area contributed by atoms with E-state index in [4.69, 9.17) is 5.73 Å². The molecule has 1 aliphatic heterocycles. The number of nitrogens with one attached hydrogen (secondary N) is 1. The number of amides is 2. The molecule has 0 spiro atoms. The Kier molecular flexibility index (Phi) is 4.51. The first kappa shape index (κ1) is 14.0. The van der Waals surface area contributed by atoms with E-state index < -0.39 is 11.9 Å². The Morgan fingerprint density at radius 3 is 2.24 bits per heavy atom. The Morgan fingerprint density at radius 1 is 1.29 bits per heavy atom. The summed E-state index contributed by atoms with van der Waals surface area (Å²) in [7, 11) is 0. The number of hydrogen-bond donors (Lipinski definition) is 2. The van der Waals surface area contributed by atoms with Crippen molar-refractivity contribution in [3.8, 4) is 0 Å². The largest absolute Gasteiger partial charge is 0.368 e. The second-order valence-electron chi connectivity index (χ2n) is 5.75. The fourth-order valence-electron chi connectivity index (χ4n) is 2.06. The van der Waals surface area contributed by atoms with Crippen LogP contribution in [0.3, 0.4) is 0 Å². The number of carbonyl (C=O) groups is 2. The molecule has 3 N–H and O–H groups in total. The first-order valence-corrected chi connectivity index (χ1v) is 6.12. The van der Waals surface area contributed by atoms with Gasteiger partial charge in [0, 0.05) is 0 Å². The molecular formula is C12H23N3O2. The van der Waals surface area contributed by atoms with Gasteiger partial charge in [-0.1, -0.05) is 20.8 Å². The quantitative estimate of drug-likeness (QED) is 0.733. The zero-order valence-electron chi connectivity index (χ0n) is 11.0. The van der Waals surface area contributed by atoms with Gasteiger partial charge in [-0.15, -0.1) is 0 Å². The lowest BCUT2D eigenvalue weighted by Crippen LogP contribution is -2.53.